The van der Waals surface area contributed by atoms with E-state index in [1.165, 1.54) is 11.3 Å². The third-order valence-corrected chi connectivity index (χ3v) is 3.94. The molecule has 0 radical (unpaired) electrons. The van der Waals surface area contributed by atoms with Gasteiger partial charge in [-0.25, -0.2) is 8.78 Å². The Balaban J connectivity index is 2.71. The van der Waals surface area contributed by atoms with Gasteiger partial charge in [-0.1, -0.05) is 0 Å². The maximum Gasteiger partial charge on any atom is 0.240 e. The second-order valence-electron chi connectivity index (χ2n) is 2.84. The highest BCUT2D eigenvalue weighted by Crippen LogP contribution is 2.32. The van der Waals surface area contributed by atoms with Gasteiger partial charge in [0.15, 0.2) is 0 Å². The van der Waals surface area contributed by atoms with Gasteiger partial charge in [0.1, 0.15) is 0 Å². The molecule has 1 rings (SSSR count). The maximum absolute atomic E-state index is 12.0. The van der Waals surface area contributed by atoms with Crippen molar-refractivity contribution in [1.29, 1.82) is 0 Å². The maximum atomic E-state index is 12.0. The number of hydrogen-bond donors (Lipinski definition) is 1. The van der Waals surface area contributed by atoms with E-state index in [9.17, 15) is 8.78 Å². The predicted molar refractivity (Wildman–Crippen MR) is 54.3 cm³/mol. The molecule has 1 aromatic heterocycles. The second kappa shape index (κ2) is 4.48. The highest BCUT2D eigenvalue weighted by atomic mass is 79.9. The molecule has 1 nitrogen and oxygen atoms in total. The average molecular weight is 270 g/mol. The SMILES string of the molecule is Cc1cc([C@@H](N)CC(F)F)sc1Br. The van der Waals surface area contributed by atoms with Gasteiger partial charge in [-0.15, -0.1) is 11.3 Å². The second-order valence-corrected chi connectivity index (χ2v) is 5.24. The molecule has 1 aromatic rings. The van der Waals surface area contributed by atoms with Crippen LogP contribution in [0.5, 0.6) is 0 Å². The van der Waals surface area contributed by atoms with Gasteiger partial charge < -0.3 is 5.73 Å². The Hall–Kier alpha value is -0.000000000000000111. The average Bonchev–Trinajstić information content (AvgIpc) is 2.31. The number of aryl methyl sites for hydroxylation is 1. The standard InChI is InChI=1S/C8H10BrF2NS/c1-4-2-6(13-8(4)9)5(12)3-7(10)11/h2,5,7H,3,12H2,1H3/t5-/m0/s1. The van der Waals surface area contributed by atoms with Crippen LogP contribution < -0.4 is 5.73 Å². The Bertz CT molecular complexity index is 268. The molecule has 0 saturated carbocycles. The molecular weight excluding hydrogens is 260 g/mol. The fourth-order valence-corrected chi connectivity index (χ4v) is 2.56. The van der Waals surface area contributed by atoms with Crippen molar-refractivity contribution < 1.29 is 8.78 Å². The minimum atomic E-state index is -2.34. The van der Waals surface area contributed by atoms with E-state index in [0.717, 1.165) is 14.2 Å². The Morgan fingerprint density at radius 1 is 1.62 bits per heavy atom. The largest absolute Gasteiger partial charge is 0.323 e. The molecule has 0 aliphatic carbocycles. The minimum absolute atomic E-state index is 0.271. The summed E-state index contributed by atoms with van der Waals surface area (Å²) < 4.78 is 24.9. The van der Waals surface area contributed by atoms with E-state index < -0.39 is 12.5 Å². The highest BCUT2D eigenvalue weighted by Gasteiger charge is 2.15. The fourth-order valence-electron chi connectivity index (χ4n) is 0.974. The van der Waals surface area contributed by atoms with Crippen LogP contribution in [0.25, 0.3) is 0 Å². The summed E-state index contributed by atoms with van der Waals surface area (Å²) in [6.07, 6.45) is -2.61. The predicted octanol–water partition coefficient (Wildman–Crippen LogP) is 3.47. The van der Waals surface area contributed by atoms with Crippen molar-refractivity contribution in [2.45, 2.75) is 25.8 Å². The van der Waals surface area contributed by atoms with Crippen molar-refractivity contribution in [3.63, 3.8) is 0 Å². The first-order valence-corrected chi connectivity index (χ1v) is 5.41. The molecule has 1 atom stereocenters. The first-order valence-electron chi connectivity index (χ1n) is 3.80. The minimum Gasteiger partial charge on any atom is -0.323 e. The van der Waals surface area contributed by atoms with Crippen LogP contribution in [0.15, 0.2) is 9.85 Å². The van der Waals surface area contributed by atoms with Gasteiger partial charge in [-0.2, -0.15) is 0 Å². The lowest BCUT2D eigenvalue weighted by atomic mass is 10.2. The van der Waals surface area contributed by atoms with Crippen molar-refractivity contribution >= 4 is 27.3 Å². The number of alkyl halides is 2. The zero-order valence-corrected chi connectivity index (χ0v) is 9.46. The molecule has 74 valence electrons. The molecular formula is C8H10BrF2NS. The monoisotopic (exact) mass is 269 g/mol. The van der Waals surface area contributed by atoms with Gasteiger partial charge in [-0.05, 0) is 34.5 Å². The van der Waals surface area contributed by atoms with E-state index in [-0.39, 0.29) is 6.42 Å². The highest BCUT2D eigenvalue weighted by molar-refractivity contribution is 9.11. The number of hydrogen-bond acceptors (Lipinski definition) is 2. The smallest absolute Gasteiger partial charge is 0.240 e. The van der Waals surface area contributed by atoms with E-state index in [2.05, 4.69) is 15.9 Å². The van der Waals surface area contributed by atoms with Crippen LogP contribution >= 0.6 is 27.3 Å². The van der Waals surface area contributed by atoms with Crippen LogP contribution in [0.1, 0.15) is 22.9 Å². The molecule has 0 aromatic carbocycles. The fraction of sp³-hybridized carbons (Fsp3) is 0.500. The summed E-state index contributed by atoms with van der Waals surface area (Å²) in [4.78, 5) is 0.810. The van der Waals surface area contributed by atoms with Crippen molar-refractivity contribution in [3.05, 3.63) is 20.3 Å². The molecule has 0 aliphatic rings. The number of halogens is 3. The summed E-state index contributed by atoms with van der Waals surface area (Å²) in [7, 11) is 0. The van der Waals surface area contributed by atoms with Crippen molar-refractivity contribution in [2.75, 3.05) is 0 Å². The van der Waals surface area contributed by atoms with Gasteiger partial charge in [0.05, 0.1) is 3.79 Å². The Kier molecular flexibility index (Phi) is 3.82. The third kappa shape index (κ3) is 3.00. The van der Waals surface area contributed by atoms with Gasteiger partial charge >= 0.3 is 0 Å². The molecule has 0 fully saturated rings. The summed E-state index contributed by atoms with van der Waals surface area (Å²) in [5, 5.41) is 0. The van der Waals surface area contributed by atoms with Crippen LogP contribution in [-0.2, 0) is 0 Å². The first kappa shape index (κ1) is 11.1. The summed E-state index contributed by atoms with van der Waals surface area (Å²) in [6.45, 7) is 1.92. The zero-order valence-electron chi connectivity index (χ0n) is 7.06. The van der Waals surface area contributed by atoms with E-state index >= 15 is 0 Å². The molecule has 0 spiro atoms. The van der Waals surface area contributed by atoms with Crippen molar-refractivity contribution in [1.82, 2.24) is 0 Å². The van der Waals surface area contributed by atoms with Gasteiger partial charge in [0.25, 0.3) is 0 Å². The number of rotatable bonds is 3. The lowest BCUT2D eigenvalue weighted by molar-refractivity contribution is 0.129. The normalized spacial score (nSPS) is 13.7. The van der Waals surface area contributed by atoms with Crippen molar-refractivity contribution in [2.24, 2.45) is 5.73 Å². The lowest BCUT2D eigenvalue weighted by Gasteiger charge is -2.07. The third-order valence-electron chi connectivity index (χ3n) is 1.67. The van der Waals surface area contributed by atoms with Crippen molar-refractivity contribution in [3.8, 4) is 0 Å². The number of nitrogens with two attached hydrogens (primary N) is 1. The van der Waals surface area contributed by atoms with Crippen LogP contribution in [0.3, 0.4) is 0 Å². The summed E-state index contributed by atoms with van der Waals surface area (Å²) in [5.74, 6) is 0. The quantitative estimate of drug-likeness (QED) is 0.894. The molecule has 1 heterocycles. The molecule has 0 amide bonds. The van der Waals surface area contributed by atoms with Gasteiger partial charge in [0.2, 0.25) is 6.43 Å². The Labute approximate surface area is 88.1 Å². The van der Waals surface area contributed by atoms with Crippen LogP contribution in [0, 0.1) is 6.92 Å². The topological polar surface area (TPSA) is 26.0 Å². The van der Waals surface area contributed by atoms with E-state index in [1.807, 2.05) is 13.0 Å². The molecule has 0 aliphatic heterocycles. The molecule has 0 unspecified atom stereocenters. The molecule has 0 saturated heterocycles. The lowest BCUT2D eigenvalue weighted by Crippen LogP contribution is -2.12. The van der Waals surface area contributed by atoms with E-state index in [1.54, 1.807) is 0 Å². The van der Waals surface area contributed by atoms with Crippen LogP contribution in [0.2, 0.25) is 0 Å². The van der Waals surface area contributed by atoms with Crippen LogP contribution in [0.4, 0.5) is 8.78 Å². The van der Waals surface area contributed by atoms with Gasteiger partial charge in [-0.3, -0.25) is 0 Å². The molecule has 5 heteroatoms. The molecule has 13 heavy (non-hydrogen) atoms. The van der Waals surface area contributed by atoms with Gasteiger partial charge in [0, 0.05) is 17.3 Å². The summed E-state index contributed by atoms with van der Waals surface area (Å²) in [5.41, 5.74) is 6.63. The molecule has 2 N–H and O–H groups in total. The van der Waals surface area contributed by atoms with E-state index in [0.29, 0.717) is 0 Å². The van der Waals surface area contributed by atoms with Crippen LogP contribution in [-0.4, -0.2) is 6.43 Å². The first-order chi connectivity index (χ1) is 6.00. The summed E-state index contributed by atoms with van der Waals surface area (Å²) >= 11 is 4.75. The number of thiophene rings is 1. The van der Waals surface area contributed by atoms with E-state index in [4.69, 9.17) is 5.73 Å². The Morgan fingerprint density at radius 3 is 2.62 bits per heavy atom. The summed E-state index contributed by atoms with van der Waals surface area (Å²) in [6, 6.07) is 1.30. The zero-order chi connectivity index (χ0) is 10.0. The Morgan fingerprint density at radius 2 is 2.23 bits per heavy atom. The molecule has 0 bridgehead atoms.